The summed E-state index contributed by atoms with van der Waals surface area (Å²) < 4.78 is 24.6. The number of hydrogen-bond donors (Lipinski definition) is 1. The molecular formula is C20H20ClFN2O3. The molecule has 0 saturated carbocycles. The first-order valence-corrected chi connectivity index (χ1v) is 9.34. The molecule has 1 fully saturated rings. The van der Waals surface area contributed by atoms with Crippen LogP contribution >= 0.6 is 11.6 Å². The Morgan fingerprint density at radius 2 is 1.96 bits per heavy atom. The quantitative estimate of drug-likeness (QED) is 0.855. The molecular weight excluding hydrogens is 371 g/mol. The largest absolute Gasteiger partial charge is 0.454 e. The number of anilines is 1. The molecule has 0 aromatic heterocycles. The third kappa shape index (κ3) is 4.01. The van der Waals surface area contributed by atoms with Crippen LogP contribution in [-0.4, -0.2) is 30.7 Å². The standard InChI is InChI=1S/C20H20ClFN2O3/c21-16-2-1-3-17(22)15(16)11-24-8-6-13(7-9-24)20(25)23-14-4-5-18-19(10-14)27-12-26-18/h1-5,10,13H,6-9,11-12H2,(H,23,25). The summed E-state index contributed by atoms with van der Waals surface area (Å²) in [5.41, 5.74) is 1.22. The SMILES string of the molecule is O=C(Nc1ccc2c(c1)OCO2)C1CCN(Cc2c(F)cccc2Cl)CC1. The summed E-state index contributed by atoms with van der Waals surface area (Å²) in [6, 6.07) is 10.1. The Labute approximate surface area is 162 Å². The number of halogens is 2. The Hall–Kier alpha value is -2.31. The number of likely N-dealkylation sites (tertiary alicyclic amines) is 1. The van der Waals surface area contributed by atoms with Crippen molar-refractivity contribution in [2.75, 3.05) is 25.2 Å². The predicted molar refractivity (Wildman–Crippen MR) is 101 cm³/mol. The van der Waals surface area contributed by atoms with Gasteiger partial charge in [-0.2, -0.15) is 0 Å². The first-order chi connectivity index (χ1) is 13.1. The number of benzene rings is 2. The van der Waals surface area contributed by atoms with Crippen molar-refractivity contribution >= 4 is 23.2 Å². The van der Waals surface area contributed by atoms with Crippen molar-refractivity contribution in [3.63, 3.8) is 0 Å². The third-order valence-corrected chi connectivity index (χ3v) is 5.40. The van der Waals surface area contributed by atoms with Crippen molar-refractivity contribution in [1.82, 2.24) is 4.90 Å². The van der Waals surface area contributed by atoms with E-state index >= 15 is 0 Å². The van der Waals surface area contributed by atoms with Gasteiger partial charge in [0.05, 0.1) is 0 Å². The Morgan fingerprint density at radius 3 is 2.74 bits per heavy atom. The predicted octanol–water partition coefficient (Wildman–Crippen LogP) is 4.06. The van der Waals surface area contributed by atoms with Crippen LogP contribution in [0.5, 0.6) is 11.5 Å². The van der Waals surface area contributed by atoms with E-state index in [1.165, 1.54) is 6.07 Å². The molecule has 1 amide bonds. The molecule has 1 N–H and O–H groups in total. The number of rotatable bonds is 4. The molecule has 4 rings (SSSR count). The molecule has 142 valence electrons. The van der Waals surface area contributed by atoms with E-state index in [0.717, 1.165) is 25.9 Å². The number of amides is 1. The summed E-state index contributed by atoms with van der Waals surface area (Å²) in [5.74, 6) is 0.975. The molecule has 2 aromatic carbocycles. The third-order valence-electron chi connectivity index (χ3n) is 5.04. The number of fused-ring (bicyclic) bond motifs is 1. The van der Waals surface area contributed by atoms with Crippen LogP contribution in [0.15, 0.2) is 36.4 Å². The second-order valence-electron chi connectivity index (χ2n) is 6.81. The smallest absolute Gasteiger partial charge is 0.231 e. The van der Waals surface area contributed by atoms with E-state index in [-0.39, 0.29) is 24.4 Å². The van der Waals surface area contributed by atoms with Crippen molar-refractivity contribution < 1.29 is 18.7 Å². The van der Waals surface area contributed by atoms with Crippen LogP contribution in [0, 0.1) is 11.7 Å². The van der Waals surface area contributed by atoms with Gasteiger partial charge in [-0.3, -0.25) is 9.69 Å². The molecule has 5 nitrogen and oxygen atoms in total. The molecule has 0 spiro atoms. The summed E-state index contributed by atoms with van der Waals surface area (Å²) >= 11 is 6.11. The minimum atomic E-state index is -0.287. The first-order valence-electron chi connectivity index (χ1n) is 8.96. The van der Waals surface area contributed by atoms with Gasteiger partial charge >= 0.3 is 0 Å². The van der Waals surface area contributed by atoms with Gasteiger partial charge in [-0.15, -0.1) is 0 Å². The highest BCUT2D eigenvalue weighted by atomic mass is 35.5. The molecule has 2 aromatic rings. The van der Waals surface area contributed by atoms with Crippen LogP contribution in [0.4, 0.5) is 10.1 Å². The summed E-state index contributed by atoms with van der Waals surface area (Å²) in [7, 11) is 0. The van der Waals surface area contributed by atoms with Gasteiger partial charge in [0.25, 0.3) is 0 Å². The summed E-state index contributed by atoms with van der Waals surface area (Å²) in [6.07, 6.45) is 1.45. The molecule has 0 unspecified atom stereocenters. The van der Waals surface area contributed by atoms with E-state index in [2.05, 4.69) is 10.2 Å². The molecule has 0 bridgehead atoms. The van der Waals surface area contributed by atoms with Crippen LogP contribution in [-0.2, 0) is 11.3 Å². The fraction of sp³-hybridized carbons (Fsp3) is 0.350. The van der Waals surface area contributed by atoms with Gasteiger partial charge in [0, 0.05) is 34.8 Å². The Bertz CT molecular complexity index is 833. The van der Waals surface area contributed by atoms with Crippen LogP contribution in [0.1, 0.15) is 18.4 Å². The number of nitrogens with zero attached hydrogens (tertiary/aromatic N) is 1. The molecule has 0 aliphatic carbocycles. The number of nitrogens with one attached hydrogen (secondary N) is 1. The molecule has 1 saturated heterocycles. The van der Waals surface area contributed by atoms with E-state index in [0.29, 0.717) is 34.3 Å². The summed E-state index contributed by atoms with van der Waals surface area (Å²) in [5, 5.41) is 3.39. The van der Waals surface area contributed by atoms with Crippen LogP contribution in [0.2, 0.25) is 5.02 Å². The van der Waals surface area contributed by atoms with Gasteiger partial charge in [0.1, 0.15) is 5.82 Å². The maximum atomic E-state index is 14.0. The first kappa shape index (κ1) is 18.1. The maximum Gasteiger partial charge on any atom is 0.231 e. The lowest BCUT2D eigenvalue weighted by Gasteiger charge is -2.31. The average Bonchev–Trinajstić information content (AvgIpc) is 3.13. The van der Waals surface area contributed by atoms with Crippen molar-refractivity contribution in [2.45, 2.75) is 19.4 Å². The minimum Gasteiger partial charge on any atom is -0.454 e. The molecule has 2 aliphatic heterocycles. The van der Waals surface area contributed by atoms with E-state index in [4.69, 9.17) is 21.1 Å². The highest BCUT2D eigenvalue weighted by Gasteiger charge is 2.26. The number of hydrogen-bond acceptors (Lipinski definition) is 4. The zero-order valence-electron chi connectivity index (χ0n) is 14.7. The molecule has 0 radical (unpaired) electrons. The highest BCUT2D eigenvalue weighted by molar-refractivity contribution is 6.31. The van der Waals surface area contributed by atoms with Crippen molar-refractivity contribution in [2.24, 2.45) is 5.92 Å². The van der Waals surface area contributed by atoms with Gasteiger partial charge in [-0.25, -0.2) is 4.39 Å². The molecule has 2 heterocycles. The monoisotopic (exact) mass is 390 g/mol. The van der Waals surface area contributed by atoms with E-state index in [1.54, 1.807) is 30.3 Å². The van der Waals surface area contributed by atoms with Crippen LogP contribution in [0.3, 0.4) is 0 Å². The topological polar surface area (TPSA) is 50.8 Å². The van der Waals surface area contributed by atoms with Gasteiger partial charge in [-0.1, -0.05) is 17.7 Å². The second-order valence-corrected chi connectivity index (χ2v) is 7.22. The lowest BCUT2D eigenvalue weighted by atomic mass is 9.95. The maximum absolute atomic E-state index is 14.0. The number of carbonyl (C=O) groups is 1. The highest BCUT2D eigenvalue weighted by Crippen LogP contribution is 2.34. The number of ether oxygens (including phenoxy) is 2. The number of piperidine rings is 1. The van der Waals surface area contributed by atoms with Gasteiger partial charge in [0.15, 0.2) is 11.5 Å². The Kier molecular flexibility index (Phi) is 5.18. The molecule has 7 heteroatoms. The Balaban J connectivity index is 1.32. The van der Waals surface area contributed by atoms with Gasteiger partial charge in [-0.05, 0) is 50.2 Å². The zero-order valence-corrected chi connectivity index (χ0v) is 15.5. The lowest BCUT2D eigenvalue weighted by molar-refractivity contribution is -0.121. The van der Waals surface area contributed by atoms with Crippen LogP contribution in [0.25, 0.3) is 0 Å². The molecule has 2 aliphatic rings. The molecule has 27 heavy (non-hydrogen) atoms. The van der Waals surface area contributed by atoms with Crippen molar-refractivity contribution in [3.05, 3.63) is 52.8 Å². The fourth-order valence-electron chi connectivity index (χ4n) is 3.48. The van der Waals surface area contributed by atoms with Crippen LogP contribution < -0.4 is 14.8 Å². The minimum absolute atomic E-state index is 0.00237. The number of carbonyl (C=O) groups excluding carboxylic acids is 1. The van der Waals surface area contributed by atoms with Crippen molar-refractivity contribution in [1.29, 1.82) is 0 Å². The Morgan fingerprint density at radius 1 is 1.19 bits per heavy atom. The average molecular weight is 391 g/mol. The second kappa shape index (κ2) is 7.74. The lowest BCUT2D eigenvalue weighted by Crippen LogP contribution is -2.38. The van der Waals surface area contributed by atoms with Gasteiger partial charge < -0.3 is 14.8 Å². The zero-order chi connectivity index (χ0) is 18.8. The fourth-order valence-corrected chi connectivity index (χ4v) is 3.70. The van der Waals surface area contributed by atoms with E-state index < -0.39 is 0 Å². The summed E-state index contributed by atoms with van der Waals surface area (Å²) in [4.78, 5) is 14.7. The van der Waals surface area contributed by atoms with Crippen molar-refractivity contribution in [3.8, 4) is 11.5 Å². The molecule has 0 atom stereocenters. The normalized spacial score (nSPS) is 17.1. The van der Waals surface area contributed by atoms with Gasteiger partial charge in [0.2, 0.25) is 12.7 Å². The van der Waals surface area contributed by atoms with E-state index in [9.17, 15) is 9.18 Å². The summed E-state index contributed by atoms with van der Waals surface area (Å²) in [6.45, 7) is 2.12. The van der Waals surface area contributed by atoms with E-state index in [1.807, 2.05) is 0 Å².